The Morgan fingerprint density at radius 1 is 1.02 bits per heavy atom. The van der Waals surface area contributed by atoms with Crippen molar-refractivity contribution in [3.05, 3.63) is 58.0 Å². The number of benzene rings is 1. The minimum Gasteiger partial charge on any atom is -0.388 e. The van der Waals surface area contributed by atoms with Crippen LogP contribution >= 0.6 is 11.8 Å². The lowest BCUT2D eigenvalue weighted by Crippen LogP contribution is -2.58. The molecule has 6 unspecified atom stereocenters. The van der Waals surface area contributed by atoms with Crippen LogP contribution in [0.3, 0.4) is 0 Å². The molecular formula is C34H49NO4S. The van der Waals surface area contributed by atoms with Crippen LogP contribution < -0.4 is 5.73 Å². The molecular weight excluding hydrogens is 518 g/mol. The van der Waals surface area contributed by atoms with E-state index in [1.807, 2.05) is 6.92 Å². The highest BCUT2D eigenvalue weighted by atomic mass is 32.2. The fraction of sp³-hybridized carbons (Fsp3) is 0.706. The Morgan fingerprint density at radius 3 is 2.42 bits per heavy atom. The summed E-state index contributed by atoms with van der Waals surface area (Å²) in [7, 11) is 0. The van der Waals surface area contributed by atoms with Gasteiger partial charge in [0.25, 0.3) is 0 Å². The maximum atomic E-state index is 12.4. The van der Waals surface area contributed by atoms with Crippen molar-refractivity contribution in [3.8, 4) is 0 Å². The van der Waals surface area contributed by atoms with Crippen molar-refractivity contribution in [2.24, 2.45) is 28.4 Å². The van der Waals surface area contributed by atoms with Crippen LogP contribution in [-0.2, 0) is 16.0 Å². The van der Waals surface area contributed by atoms with Gasteiger partial charge in [0.15, 0.2) is 5.79 Å². The molecule has 4 fully saturated rings. The van der Waals surface area contributed by atoms with Crippen molar-refractivity contribution in [3.63, 3.8) is 0 Å². The highest BCUT2D eigenvalue weighted by Crippen LogP contribution is 2.68. The molecule has 5 nitrogen and oxygen atoms in total. The minimum absolute atomic E-state index is 0.00333. The van der Waals surface area contributed by atoms with E-state index in [0.717, 1.165) is 56.3 Å². The van der Waals surface area contributed by atoms with Gasteiger partial charge in [0.05, 0.1) is 24.4 Å². The van der Waals surface area contributed by atoms with Crippen molar-refractivity contribution in [2.75, 3.05) is 19.0 Å². The molecule has 0 aromatic heterocycles. The Morgan fingerprint density at radius 2 is 1.75 bits per heavy atom. The number of hydrogen-bond acceptors (Lipinski definition) is 6. The predicted molar refractivity (Wildman–Crippen MR) is 162 cm³/mol. The van der Waals surface area contributed by atoms with Crippen LogP contribution in [0.25, 0.3) is 0 Å². The summed E-state index contributed by atoms with van der Waals surface area (Å²) in [4.78, 5) is 0. The molecule has 5 aliphatic rings. The van der Waals surface area contributed by atoms with Crippen LogP contribution in [0, 0.1) is 22.7 Å². The predicted octanol–water partition coefficient (Wildman–Crippen LogP) is 6.44. The lowest BCUT2D eigenvalue weighted by atomic mass is 9.50. The van der Waals surface area contributed by atoms with Crippen LogP contribution in [0.2, 0.25) is 0 Å². The van der Waals surface area contributed by atoms with Crippen LogP contribution in [0.5, 0.6) is 0 Å². The number of allylic oxidation sites excluding steroid dienone is 2. The molecule has 6 rings (SSSR count). The van der Waals surface area contributed by atoms with E-state index in [1.54, 1.807) is 11.8 Å². The van der Waals surface area contributed by atoms with Crippen molar-refractivity contribution >= 4 is 11.8 Å². The Labute approximate surface area is 245 Å². The average molecular weight is 568 g/mol. The Hall–Kier alpha value is -1.15. The highest BCUT2D eigenvalue weighted by molar-refractivity contribution is 8.02. The largest absolute Gasteiger partial charge is 0.388 e. The number of rotatable bonds is 5. The second kappa shape index (κ2) is 10.2. The number of fused-ring (bicyclic) bond motifs is 4. The Kier molecular flexibility index (Phi) is 7.41. The molecule has 4 N–H and O–H groups in total. The molecule has 1 saturated heterocycles. The molecule has 0 bridgehead atoms. The van der Waals surface area contributed by atoms with Gasteiger partial charge in [0.2, 0.25) is 0 Å². The van der Waals surface area contributed by atoms with Crippen LogP contribution in [-0.4, -0.2) is 46.2 Å². The maximum absolute atomic E-state index is 12.4. The quantitative estimate of drug-likeness (QED) is 0.355. The third-order valence-electron chi connectivity index (χ3n) is 11.4. The van der Waals surface area contributed by atoms with E-state index in [2.05, 4.69) is 56.5 Å². The fourth-order valence-corrected chi connectivity index (χ4v) is 10.1. The SMILES string of the molecule is CC=CSCC1(O)CCC2C3CCC4(O)CC5(CCC4=C3C(c3ccc(CN)cc3)CC21C)OCC(C)(C)CO5. The molecule has 0 amide bonds. The summed E-state index contributed by atoms with van der Waals surface area (Å²) in [6.45, 7) is 10.6. The number of thioether (sulfide) groups is 1. The van der Waals surface area contributed by atoms with E-state index in [0.29, 0.717) is 38.0 Å². The molecule has 1 aromatic carbocycles. The molecule has 0 radical (unpaired) electrons. The van der Waals surface area contributed by atoms with Crippen LogP contribution in [0.4, 0.5) is 0 Å². The average Bonchev–Trinajstić information content (AvgIpc) is 3.20. The number of nitrogens with two attached hydrogens (primary N) is 1. The van der Waals surface area contributed by atoms with Crippen molar-refractivity contribution in [2.45, 2.75) is 109 Å². The zero-order chi connectivity index (χ0) is 28.4. The van der Waals surface area contributed by atoms with Gasteiger partial charge in [-0.3, -0.25) is 0 Å². The Bertz CT molecular complexity index is 1170. The van der Waals surface area contributed by atoms with Gasteiger partial charge in [-0.1, -0.05) is 56.7 Å². The molecule has 1 spiro atoms. The third kappa shape index (κ3) is 4.66. The molecule has 220 valence electrons. The number of ether oxygens (including phenoxy) is 2. The van der Waals surface area contributed by atoms with E-state index in [9.17, 15) is 10.2 Å². The Balaban J connectivity index is 1.40. The van der Waals surface area contributed by atoms with Gasteiger partial charge >= 0.3 is 0 Å². The summed E-state index contributed by atoms with van der Waals surface area (Å²) < 4.78 is 12.8. The maximum Gasteiger partial charge on any atom is 0.171 e. The topological polar surface area (TPSA) is 84.9 Å². The van der Waals surface area contributed by atoms with E-state index in [-0.39, 0.29) is 16.7 Å². The fourth-order valence-electron chi connectivity index (χ4n) is 9.05. The van der Waals surface area contributed by atoms with Crippen molar-refractivity contribution in [1.82, 2.24) is 0 Å². The van der Waals surface area contributed by atoms with Crippen LogP contribution in [0.1, 0.15) is 96.1 Å². The molecule has 1 aliphatic heterocycles. The van der Waals surface area contributed by atoms with Gasteiger partial charge in [-0.15, -0.1) is 11.8 Å². The first-order chi connectivity index (χ1) is 19.0. The smallest absolute Gasteiger partial charge is 0.171 e. The van der Waals surface area contributed by atoms with E-state index < -0.39 is 17.0 Å². The molecule has 6 heteroatoms. The number of aliphatic hydroxyl groups is 2. The van der Waals surface area contributed by atoms with Gasteiger partial charge in [-0.05, 0) is 79.4 Å². The molecule has 40 heavy (non-hydrogen) atoms. The minimum atomic E-state index is -0.897. The monoisotopic (exact) mass is 567 g/mol. The van der Waals surface area contributed by atoms with Gasteiger partial charge in [-0.25, -0.2) is 0 Å². The summed E-state index contributed by atoms with van der Waals surface area (Å²) in [6, 6.07) is 8.81. The normalized spacial score (nSPS) is 40.2. The van der Waals surface area contributed by atoms with Gasteiger partial charge in [-0.2, -0.15) is 0 Å². The third-order valence-corrected chi connectivity index (χ3v) is 12.5. The van der Waals surface area contributed by atoms with Crippen LogP contribution in [0.15, 0.2) is 46.9 Å². The summed E-state index contributed by atoms with van der Waals surface area (Å²) in [6.07, 6.45) is 8.68. The van der Waals surface area contributed by atoms with E-state index in [4.69, 9.17) is 15.2 Å². The standard InChI is InChI=1S/C34H49NO4S/c1-5-16-40-22-33(37)14-11-27-25-10-13-32(36)19-34(38-20-30(2,3)21-39-34)15-12-28(32)29(25)26(17-31(27,33)4)24-8-6-23(18-35)7-9-24/h5-9,16,25-27,36-37H,10-15,17-22,35H2,1-4H3. The second-order valence-electron chi connectivity index (χ2n) is 14.5. The first-order valence-electron chi connectivity index (χ1n) is 15.4. The molecule has 1 heterocycles. The zero-order valence-electron chi connectivity index (χ0n) is 24.9. The molecule has 1 aromatic rings. The first kappa shape index (κ1) is 28.9. The lowest BCUT2D eigenvalue weighted by Gasteiger charge is -2.58. The summed E-state index contributed by atoms with van der Waals surface area (Å²) in [5.74, 6) is 1.04. The summed E-state index contributed by atoms with van der Waals surface area (Å²) in [5.41, 5.74) is 9.31. The summed E-state index contributed by atoms with van der Waals surface area (Å²) in [5, 5.41) is 26.7. The first-order valence-corrected chi connectivity index (χ1v) is 16.5. The summed E-state index contributed by atoms with van der Waals surface area (Å²) >= 11 is 1.74. The second-order valence-corrected chi connectivity index (χ2v) is 15.4. The number of hydrogen-bond donors (Lipinski definition) is 3. The van der Waals surface area contributed by atoms with Gasteiger partial charge in [0, 0.05) is 41.9 Å². The van der Waals surface area contributed by atoms with E-state index in [1.165, 1.54) is 16.7 Å². The molecule has 3 saturated carbocycles. The highest BCUT2D eigenvalue weighted by Gasteiger charge is 2.64. The van der Waals surface area contributed by atoms with Crippen molar-refractivity contribution in [1.29, 1.82) is 0 Å². The van der Waals surface area contributed by atoms with Crippen molar-refractivity contribution < 1.29 is 19.7 Å². The van der Waals surface area contributed by atoms with Gasteiger partial charge in [0.1, 0.15) is 0 Å². The molecule has 6 atom stereocenters. The zero-order valence-corrected chi connectivity index (χ0v) is 25.7. The molecule has 4 aliphatic carbocycles. The van der Waals surface area contributed by atoms with Gasteiger partial charge < -0.3 is 25.4 Å². The van der Waals surface area contributed by atoms with E-state index >= 15 is 0 Å². The lowest BCUT2D eigenvalue weighted by molar-refractivity contribution is -0.322.